The molecule has 2 rings (SSSR count). The zero-order valence-corrected chi connectivity index (χ0v) is 14.8. The van der Waals surface area contributed by atoms with Gasteiger partial charge in [-0.25, -0.2) is 0 Å². The highest BCUT2D eigenvalue weighted by atomic mass is 16.4. The number of fused-ring (bicyclic) bond motifs is 1. The number of aliphatic hydroxyl groups excluding tert-OH is 1. The molecule has 0 radical (unpaired) electrons. The van der Waals surface area contributed by atoms with Crippen LogP contribution in [0.15, 0.2) is 36.0 Å². The Hall–Kier alpha value is -1.35. The van der Waals surface area contributed by atoms with Crippen LogP contribution in [-0.4, -0.2) is 22.3 Å². The van der Waals surface area contributed by atoms with Gasteiger partial charge in [0.25, 0.3) is 0 Å². The largest absolute Gasteiger partial charge is 0.481 e. The lowest BCUT2D eigenvalue weighted by molar-refractivity contribution is -0.179. The summed E-state index contributed by atoms with van der Waals surface area (Å²) in [5.74, 6) is -0.839. The maximum atomic E-state index is 12.4. The highest BCUT2D eigenvalue weighted by Crippen LogP contribution is 2.61. The van der Waals surface area contributed by atoms with Gasteiger partial charge in [0.15, 0.2) is 0 Å². The molecule has 128 valence electrons. The molecule has 0 aromatic carbocycles. The van der Waals surface area contributed by atoms with E-state index in [1.165, 1.54) is 0 Å². The van der Waals surface area contributed by atoms with Crippen molar-refractivity contribution in [2.24, 2.45) is 22.7 Å². The first kappa shape index (κ1) is 18.0. The van der Waals surface area contributed by atoms with Crippen molar-refractivity contribution in [1.29, 1.82) is 0 Å². The van der Waals surface area contributed by atoms with Crippen LogP contribution in [0, 0.1) is 22.7 Å². The standard InChI is InChI=1S/C20H30O3/c1-6-13(2)10-11-20(18(22)23)15(4)12-17(21)19(5)14(3)8-7-9-16(19)20/h6,8,10,15-17,21H,1,7,9,11-12H2,2-5H3,(H,22,23)/b13-10-/t15-,16+,17+,19+,20-/m1/s1. The van der Waals surface area contributed by atoms with Crippen LogP contribution in [0.2, 0.25) is 0 Å². The van der Waals surface area contributed by atoms with Crippen LogP contribution in [0.1, 0.15) is 53.4 Å². The molecule has 0 heterocycles. The lowest BCUT2D eigenvalue weighted by atomic mass is 9.45. The van der Waals surface area contributed by atoms with E-state index in [9.17, 15) is 15.0 Å². The first-order valence-electron chi connectivity index (χ1n) is 8.59. The average molecular weight is 318 g/mol. The first-order chi connectivity index (χ1) is 10.7. The van der Waals surface area contributed by atoms with Gasteiger partial charge in [-0.1, -0.05) is 49.8 Å². The van der Waals surface area contributed by atoms with E-state index in [-0.39, 0.29) is 11.8 Å². The van der Waals surface area contributed by atoms with Crippen molar-refractivity contribution in [1.82, 2.24) is 0 Å². The normalized spacial score (nSPS) is 41.0. The van der Waals surface area contributed by atoms with Crippen LogP contribution >= 0.6 is 0 Å². The lowest BCUT2D eigenvalue weighted by Crippen LogP contribution is -2.60. The minimum Gasteiger partial charge on any atom is -0.481 e. The van der Waals surface area contributed by atoms with Crippen LogP contribution in [-0.2, 0) is 4.79 Å². The Labute approximate surface area is 139 Å². The molecular weight excluding hydrogens is 288 g/mol. The van der Waals surface area contributed by atoms with Gasteiger partial charge in [0, 0.05) is 5.41 Å². The lowest BCUT2D eigenvalue weighted by Gasteiger charge is -2.58. The van der Waals surface area contributed by atoms with E-state index in [0.717, 1.165) is 24.0 Å². The third-order valence-corrected chi connectivity index (χ3v) is 6.73. The van der Waals surface area contributed by atoms with Crippen molar-refractivity contribution in [3.8, 4) is 0 Å². The van der Waals surface area contributed by atoms with Gasteiger partial charge >= 0.3 is 5.97 Å². The van der Waals surface area contributed by atoms with Gasteiger partial charge in [-0.2, -0.15) is 0 Å². The second-order valence-corrected chi connectivity index (χ2v) is 7.65. The molecule has 0 unspecified atom stereocenters. The van der Waals surface area contributed by atoms with Gasteiger partial charge in [-0.3, -0.25) is 4.79 Å². The van der Waals surface area contributed by atoms with Crippen LogP contribution in [0.4, 0.5) is 0 Å². The fraction of sp³-hybridized carbons (Fsp3) is 0.650. The van der Waals surface area contributed by atoms with Crippen molar-refractivity contribution < 1.29 is 15.0 Å². The maximum Gasteiger partial charge on any atom is 0.310 e. The second-order valence-electron chi connectivity index (χ2n) is 7.65. The highest BCUT2D eigenvalue weighted by molar-refractivity contribution is 5.76. The van der Waals surface area contributed by atoms with Crippen LogP contribution in [0.3, 0.4) is 0 Å². The van der Waals surface area contributed by atoms with Crippen molar-refractivity contribution in [2.45, 2.75) is 59.5 Å². The van der Waals surface area contributed by atoms with E-state index in [1.54, 1.807) is 6.08 Å². The van der Waals surface area contributed by atoms with Gasteiger partial charge < -0.3 is 10.2 Å². The molecule has 0 aromatic rings. The molecule has 2 aliphatic carbocycles. The molecule has 1 saturated carbocycles. The Balaban J connectivity index is 2.57. The van der Waals surface area contributed by atoms with E-state index in [0.29, 0.717) is 12.8 Å². The number of carbonyl (C=O) groups is 1. The Morgan fingerprint density at radius 3 is 2.74 bits per heavy atom. The van der Waals surface area contributed by atoms with Crippen molar-refractivity contribution in [2.75, 3.05) is 0 Å². The Morgan fingerprint density at radius 1 is 1.52 bits per heavy atom. The summed E-state index contributed by atoms with van der Waals surface area (Å²) in [6, 6.07) is 0. The van der Waals surface area contributed by atoms with Crippen LogP contribution in [0.25, 0.3) is 0 Å². The summed E-state index contributed by atoms with van der Waals surface area (Å²) in [6.45, 7) is 11.8. The molecule has 0 saturated heterocycles. The van der Waals surface area contributed by atoms with Crippen LogP contribution < -0.4 is 0 Å². The molecule has 0 spiro atoms. The monoisotopic (exact) mass is 318 g/mol. The SMILES string of the molecule is C=C/C(C)=C\C[C@@]1(C(=O)O)[C@H](C)C[C@H](O)[C@@]2(C)C(C)=CCC[C@@H]21. The molecule has 2 N–H and O–H groups in total. The molecule has 3 heteroatoms. The molecule has 3 nitrogen and oxygen atoms in total. The van der Waals surface area contributed by atoms with Gasteiger partial charge in [0.05, 0.1) is 11.5 Å². The predicted octanol–water partition coefficient (Wildman–Crippen LogP) is 4.34. The number of allylic oxidation sites excluding steroid dienone is 4. The zero-order chi connectivity index (χ0) is 17.4. The average Bonchev–Trinajstić information content (AvgIpc) is 2.49. The summed E-state index contributed by atoms with van der Waals surface area (Å²) in [5, 5.41) is 21.0. The fourth-order valence-electron chi connectivity index (χ4n) is 4.89. The van der Waals surface area contributed by atoms with E-state index in [1.807, 2.05) is 26.8 Å². The van der Waals surface area contributed by atoms with Gasteiger partial charge in [0.1, 0.15) is 0 Å². The molecule has 2 aliphatic rings. The fourth-order valence-corrected chi connectivity index (χ4v) is 4.89. The van der Waals surface area contributed by atoms with E-state index in [2.05, 4.69) is 19.6 Å². The van der Waals surface area contributed by atoms with E-state index < -0.39 is 22.9 Å². The quantitative estimate of drug-likeness (QED) is 0.599. The minimum absolute atomic E-state index is 0.0508. The molecule has 0 bridgehead atoms. The molecule has 0 aliphatic heterocycles. The molecular formula is C20H30O3. The second kappa shape index (κ2) is 6.27. The summed E-state index contributed by atoms with van der Waals surface area (Å²) in [6.07, 6.45) is 8.22. The molecule has 0 amide bonds. The number of carboxylic acids is 1. The summed E-state index contributed by atoms with van der Waals surface area (Å²) in [7, 11) is 0. The van der Waals surface area contributed by atoms with Gasteiger partial charge in [-0.05, 0) is 51.4 Å². The summed E-state index contributed by atoms with van der Waals surface area (Å²) in [5.41, 5.74) is 0.879. The summed E-state index contributed by atoms with van der Waals surface area (Å²) >= 11 is 0. The molecule has 1 fully saturated rings. The Bertz CT molecular complexity index is 559. The number of hydrogen-bond acceptors (Lipinski definition) is 2. The third-order valence-electron chi connectivity index (χ3n) is 6.73. The number of rotatable bonds is 4. The van der Waals surface area contributed by atoms with Crippen molar-refractivity contribution >= 4 is 5.97 Å². The zero-order valence-electron chi connectivity index (χ0n) is 14.8. The topological polar surface area (TPSA) is 57.5 Å². The van der Waals surface area contributed by atoms with Crippen molar-refractivity contribution in [3.63, 3.8) is 0 Å². The first-order valence-corrected chi connectivity index (χ1v) is 8.59. The predicted molar refractivity (Wildman–Crippen MR) is 93.0 cm³/mol. The smallest absolute Gasteiger partial charge is 0.310 e. The number of aliphatic carboxylic acids is 1. The van der Waals surface area contributed by atoms with Gasteiger partial charge in [-0.15, -0.1) is 0 Å². The molecule has 23 heavy (non-hydrogen) atoms. The van der Waals surface area contributed by atoms with E-state index in [4.69, 9.17) is 0 Å². The van der Waals surface area contributed by atoms with Crippen LogP contribution in [0.5, 0.6) is 0 Å². The Kier molecular flexibility index (Phi) is 4.91. The number of carboxylic acid groups (broad SMARTS) is 1. The number of hydrogen-bond donors (Lipinski definition) is 2. The summed E-state index contributed by atoms with van der Waals surface area (Å²) < 4.78 is 0. The summed E-state index contributed by atoms with van der Waals surface area (Å²) in [4.78, 5) is 12.4. The van der Waals surface area contributed by atoms with Crippen molar-refractivity contribution in [3.05, 3.63) is 36.0 Å². The number of aliphatic hydroxyl groups is 1. The molecule has 0 aromatic heterocycles. The highest BCUT2D eigenvalue weighted by Gasteiger charge is 2.62. The Morgan fingerprint density at radius 2 is 2.17 bits per heavy atom. The maximum absolute atomic E-state index is 12.4. The molecule has 5 atom stereocenters. The van der Waals surface area contributed by atoms with E-state index >= 15 is 0 Å². The third kappa shape index (κ3) is 2.59. The van der Waals surface area contributed by atoms with Gasteiger partial charge in [0.2, 0.25) is 0 Å². The minimum atomic E-state index is -0.826.